The second kappa shape index (κ2) is 18.7. The SMILES string of the molecule is CC(C)(c1ccc(O)cc1)c1ccccc1OC(Oc1ccccc1C(C)(C)c1ccc(O)cc1)(Oc1ccccc1C(C)(C)c1ccc(O)cc1)Oc1ccccc1C(C)(C)c1ccc(O)cc1. The first-order valence-electron chi connectivity index (χ1n) is 23.1. The van der Waals surface area contributed by atoms with Crippen LogP contribution in [0.4, 0.5) is 0 Å². The molecule has 8 aromatic rings. The van der Waals surface area contributed by atoms with Gasteiger partial charge >= 0.3 is 6.16 Å². The zero-order valence-electron chi connectivity index (χ0n) is 40.4. The molecule has 8 aromatic carbocycles. The monoisotopic (exact) mass is 920 g/mol. The topological polar surface area (TPSA) is 118 Å². The lowest BCUT2D eigenvalue weighted by Gasteiger charge is -2.38. The van der Waals surface area contributed by atoms with Gasteiger partial charge in [0.25, 0.3) is 0 Å². The van der Waals surface area contributed by atoms with Gasteiger partial charge in [-0.25, -0.2) is 0 Å². The van der Waals surface area contributed by atoms with Gasteiger partial charge in [-0.15, -0.1) is 0 Å². The van der Waals surface area contributed by atoms with Crippen LogP contribution in [0.1, 0.15) is 99.9 Å². The molecule has 69 heavy (non-hydrogen) atoms. The number of rotatable bonds is 16. The van der Waals surface area contributed by atoms with Crippen molar-refractivity contribution in [3.63, 3.8) is 0 Å². The fraction of sp³-hybridized carbons (Fsp3) is 0.213. The van der Waals surface area contributed by atoms with Crippen LogP contribution < -0.4 is 18.9 Å². The summed E-state index contributed by atoms with van der Waals surface area (Å²) in [6.07, 6.45) is -2.44. The molecule has 0 saturated carbocycles. The highest BCUT2D eigenvalue weighted by molar-refractivity contribution is 5.52. The third kappa shape index (κ3) is 9.79. The molecule has 0 radical (unpaired) electrons. The van der Waals surface area contributed by atoms with Crippen molar-refractivity contribution in [1.29, 1.82) is 0 Å². The number of benzene rings is 8. The van der Waals surface area contributed by atoms with E-state index in [1.54, 1.807) is 48.5 Å². The minimum Gasteiger partial charge on any atom is -0.508 e. The van der Waals surface area contributed by atoms with Crippen molar-refractivity contribution in [3.8, 4) is 46.0 Å². The van der Waals surface area contributed by atoms with E-state index in [9.17, 15) is 20.4 Å². The number of phenolic OH excluding ortho intramolecular Hbond substituents is 4. The predicted octanol–water partition coefficient (Wildman–Crippen LogP) is 14.0. The molecule has 0 amide bonds. The Balaban J connectivity index is 1.40. The van der Waals surface area contributed by atoms with Crippen LogP contribution in [-0.4, -0.2) is 26.6 Å². The number of para-hydroxylation sites is 4. The van der Waals surface area contributed by atoms with E-state index in [0.717, 1.165) is 44.5 Å². The van der Waals surface area contributed by atoms with Crippen LogP contribution in [0.25, 0.3) is 0 Å². The number of hydrogen-bond donors (Lipinski definition) is 4. The lowest BCUT2D eigenvalue weighted by molar-refractivity contribution is -0.368. The van der Waals surface area contributed by atoms with Gasteiger partial charge in [0.15, 0.2) is 0 Å². The summed E-state index contributed by atoms with van der Waals surface area (Å²) < 4.78 is 29.7. The molecule has 0 heterocycles. The molecule has 0 aliphatic carbocycles. The summed E-state index contributed by atoms with van der Waals surface area (Å²) in [6.45, 7) is 16.7. The van der Waals surface area contributed by atoms with Crippen molar-refractivity contribution in [1.82, 2.24) is 0 Å². The van der Waals surface area contributed by atoms with Crippen molar-refractivity contribution in [2.75, 3.05) is 0 Å². The Bertz CT molecular complexity index is 2610. The Morgan fingerprint density at radius 3 is 0.609 bits per heavy atom. The molecule has 0 aliphatic heterocycles. The van der Waals surface area contributed by atoms with E-state index in [1.807, 2.05) is 146 Å². The Morgan fingerprint density at radius 2 is 0.420 bits per heavy atom. The van der Waals surface area contributed by atoms with Gasteiger partial charge in [0, 0.05) is 43.9 Å². The lowest BCUT2D eigenvalue weighted by atomic mass is 9.77. The fourth-order valence-electron chi connectivity index (χ4n) is 9.09. The molecule has 8 rings (SSSR count). The smallest absolute Gasteiger partial charge is 0.508 e. The normalized spacial score (nSPS) is 12.3. The Morgan fingerprint density at radius 1 is 0.246 bits per heavy atom. The highest BCUT2D eigenvalue weighted by Gasteiger charge is 2.48. The molecule has 4 N–H and O–H groups in total. The number of hydrogen-bond acceptors (Lipinski definition) is 8. The van der Waals surface area contributed by atoms with Crippen LogP contribution >= 0.6 is 0 Å². The minimum atomic E-state index is -2.44. The van der Waals surface area contributed by atoms with Crippen LogP contribution in [0.3, 0.4) is 0 Å². The maximum Gasteiger partial charge on any atom is 0.611 e. The standard InChI is InChI=1S/C61H60O8/c1-57(2,41-25-33-45(62)34-26-41)49-17-9-13-21-53(49)66-61(67-54-22-14-10-18-50(54)58(3,4)42-27-35-46(63)36-28-42,68-55-23-15-11-19-51(55)59(5,6)43-29-37-47(64)38-30-43)69-56-24-16-12-20-52(56)60(7,8)44-31-39-48(65)40-32-44/h9-40,62-65H,1-8H3. The van der Waals surface area contributed by atoms with Gasteiger partial charge in [0.1, 0.15) is 46.0 Å². The summed E-state index contributed by atoms with van der Waals surface area (Å²) >= 11 is 0. The van der Waals surface area contributed by atoms with E-state index in [-0.39, 0.29) is 23.0 Å². The largest absolute Gasteiger partial charge is 0.611 e. The quantitative estimate of drug-likeness (QED) is 0.0708. The maximum absolute atomic E-state index is 10.3. The molecule has 0 fully saturated rings. The summed E-state index contributed by atoms with van der Waals surface area (Å²) in [5.41, 5.74) is 4.07. The molecule has 0 atom stereocenters. The first-order chi connectivity index (χ1) is 32.8. The number of ether oxygens (including phenoxy) is 4. The summed E-state index contributed by atoms with van der Waals surface area (Å²) in [5, 5.41) is 41.2. The molecule has 0 aromatic heterocycles. The average Bonchev–Trinajstić information content (AvgIpc) is 3.32. The highest BCUT2D eigenvalue weighted by atomic mass is 17.0. The summed E-state index contributed by atoms with van der Waals surface area (Å²) in [4.78, 5) is 0. The Kier molecular flexibility index (Phi) is 12.9. The number of phenols is 4. The predicted molar refractivity (Wildman–Crippen MR) is 272 cm³/mol. The molecule has 0 saturated heterocycles. The van der Waals surface area contributed by atoms with Crippen molar-refractivity contribution in [3.05, 3.63) is 239 Å². The van der Waals surface area contributed by atoms with Gasteiger partial charge < -0.3 is 39.4 Å². The zero-order chi connectivity index (χ0) is 49.2. The molecule has 352 valence electrons. The Hall–Kier alpha value is -7.84. The molecule has 0 unspecified atom stereocenters. The summed E-state index contributed by atoms with van der Waals surface area (Å²) in [5.74, 6) is 2.23. The number of aromatic hydroxyl groups is 4. The molecular weight excluding hydrogens is 861 g/mol. The van der Waals surface area contributed by atoms with Crippen molar-refractivity contribution < 1.29 is 39.4 Å². The van der Waals surface area contributed by atoms with Crippen LogP contribution in [0.2, 0.25) is 0 Å². The van der Waals surface area contributed by atoms with Crippen molar-refractivity contribution >= 4 is 0 Å². The molecule has 0 aliphatic rings. The average molecular weight is 921 g/mol. The molecule has 8 heteroatoms. The summed E-state index contributed by atoms with van der Waals surface area (Å²) in [7, 11) is 0. The van der Waals surface area contributed by atoms with Gasteiger partial charge in [-0.1, -0.05) is 177 Å². The Labute approximate surface area is 405 Å². The van der Waals surface area contributed by atoms with Gasteiger partial charge in [-0.05, 0) is 95.1 Å². The second-order valence-corrected chi connectivity index (χ2v) is 19.6. The van der Waals surface area contributed by atoms with Crippen LogP contribution in [0, 0.1) is 0 Å². The van der Waals surface area contributed by atoms with Crippen LogP contribution in [-0.2, 0) is 21.7 Å². The van der Waals surface area contributed by atoms with Gasteiger partial charge in [-0.2, -0.15) is 0 Å². The van der Waals surface area contributed by atoms with E-state index in [4.69, 9.17) is 18.9 Å². The first-order valence-corrected chi connectivity index (χ1v) is 23.1. The van der Waals surface area contributed by atoms with E-state index < -0.39 is 27.8 Å². The second-order valence-electron chi connectivity index (χ2n) is 19.6. The van der Waals surface area contributed by atoms with E-state index in [2.05, 4.69) is 55.4 Å². The van der Waals surface area contributed by atoms with E-state index in [0.29, 0.717) is 23.0 Å². The lowest BCUT2D eigenvalue weighted by Crippen LogP contribution is -2.54. The van der Waals surface area contributed by atoms with Gasteiger partial charge in [0.2, 0.25) is 0 Å². The van der Waals surface area contributed by atoms with Crippen molar-refractivity contribution in [2.45, 2.75) is 83.2 Å². The molecule has 8 nitrogen and oxygen atoms in total. The third-order valence-electron chi connectivity index (χ3n) is 13.5. The zero-order valence-corrected chi connectivity index (χ0v) is 40.4. The minimum absolute atomic E-state index is 0.157. The maximum atomic E-state index is 10.3. The first kappa shape index (κ1) is 47.6. The van der Waals surface area contributed by atoms with Crippen LogP contribution in [0.5, 0.6) is 46.0 Å². The van der Waals surface area contributed by atoms with E-state index in [1.165, 1.54) is 0 Å². The fourth-order valence-corrected chi connectivity index (χ4v) is 9.09. The van der Waals surface area contributed by atoms with Gasteiger partial charge in [0.05, 0.1) is 0 Å². The third-order valence-corrected chi connectivity index (χ3v) is 13.5. The van der Waals surface area contributed by atoms with Crippen molar-refractivity contribution in [2.24, 2.45) is 0 Å². The highest BCUT2D eigenvalue weighted by Crippen LogP contribution is 2.47. The summed E-state index contributed by atoms with van der Waals surface area (Å²) in [6, 6.07) is 59.4. The molecule has 0 spiro atoms. The van der Waals surface area contributed by atoms with Gasteiger partial charge in [-0.3, -0.25) is 0 Å². The van der Waals surface area contributed by atoms with E-state index >= 15 is 0 Å². The molecular formula is C61H60O8. The van der Waals surface area contributed by atoms with Crippen LogP contribution in [0.15, 0.2) is 194 Å². The molecule has 0 bridgehead atoms.